The molecule has 4 aromatic rings. The number of hydrogen-bond donors (Lipinski definition) is 2. The summed E-state index contributed by atoms with van der Waals surface area (Å²) in [5, 5.41) is 15.2. The normalized spacial score (nSPS) is 10.8. The lowest BCUT2D eigenvalue weighted by molar-refractivity contribution is 0.0977. The second kappa shape index (κ2) is 8.65. The van der Waals surface area contributed by atoms with Gasteiger partial charge >= 0.3 is 0 Å². The lowest BCUT2D eigenvalue weighted by Gasteiger charge is -2.11. The van der Waals surface area contributed by atoms with Crippen LogP contribution < -0.4 is 10.6 Å². The van der Waals surface area contributed by atoms with Crippen LogP contribution in [0.25, 0.3) is 16.7 Å². The third kappa shape index (κ3) is 4.62. The summed E-state index contributed by atoms with van der Waals surface area (Å²) in [6, 6.07) is 19.4. The van der Waals surface area contributed by atoms with Crippen molar-refractivity contribution in [1.82, 2.24) is 20.3 Å². The zero-order valence-electron chi connectivity index (χ0n) is 17.6. The van der Waals surface area contributed by atoms with Crippen LogP contribution in [0.15, 0.2) is 60.7 Å². The molecule has 0 bridgehead atoms. The van der Waals surface area contributed by atoms with E-state index in [4.69, 9.17) is 12.2 Å². The summed E-state index contributed by atoms with van der Waals surface area (Å²) in [5.41, 5.74) is 7.07. The number of nitrogens with zero attached hydrogens (tertiary/aromatic N) is 3. The number of carbonyl (C=O) groups excluding carboxylic acids is 1. The van der Waals surface area contributed by atoms with E-state index in [9.17, 15) is 4.79 Å². The van der Waals surface area contributed by atoms with Gasteiger partial charge in [0.1, 0.15) is 11.0 Å². The molecule has 31 heavy (non-hydrogen) atoms. The Labute approximate surface area is 186 Å². The minimum atomic E-state index is -0.252. The highest BCUT2D eigenvalue weighted by Gasteiger charge is 2.12. The topological polar surface area (TPSA) is 71.8 Å². The molecule has 0 saturated carbocycles. The van der Waals surface area contributed by atoms with Gasteiger partial charge in [-0.25, -0.2) is 0 Å². The fourth-order valence-corrected chi connectivity index (χ4v) is 3.42. The van der Waals surface area contributed by atoms with Gasteiger partial charge in [0.15, 0.2) is 5.11 Å². The molecule has 0 unspecified atom stereocenters. The smallest absolute Gasteiger partial charge is 0.257 e. The van der Waals surface area contributed by atoms with Crippen molar-refractivity contribution in [3.05, 3.63) is 82.9 Å². The number of aryl methyl sites for hydroxylation is 3. The summed E-state index contributed by atoms with van der Waals surface area (Å²) in [7, 11) is 0. The Morgan fingerprint density at radius 3 is 2.26 bits per heavy atom. The summed E-state index contributed by atoms with van der Waals surface area (Å²) in [4.78, 5) is 14.0. The van der Waals surface area contributed by atoms with Gasteiger partial charge in [0.05, 0.1) is 5.69 Å². The van der Waals surface area contributed by atoms with Gasteiger partial charge in [-0.15, -0.1) is 10.2 Å². The number of rotatable bonds is 4. The quantitative estimate of drug-likeness (QED) is 0.459. The Morgan fingerprint density at radius 2 is 1.61 bits per heavy atom. The molecule has 6 nitrogen and oxygen atoms in total. The Hall–Kier alpha value is -3.58. The molecule has 0 atom stereocenters. The molecular formula is C24H23N5OS. The first kappa shape index (κ1) is 20.7. The molecule has 7 heteroatoms. The summed E-state index contributed by atoms with van der Waals surface area (Å²) < 4.78 is 0. The number of hydrogen-bond acceptors (Lipinski definition) is 4. The van der Waals surface area contributed by atoms with Crippen LogP contribution in [0, 0.1) is 13.8 Å². The van der Waals surface area contributed by atoms with Crippen molar-refractivity contribution in [2.75, 3.05) is 5.32 Å². The Kier molecular flexibility index (Phi) is 5.77. The van der Waals surface area contributed by atoms with Crippen molar-refractivity contribution < 1.29 is 4.79 Å². The minimum Gasteiger partial charge on any atom is -0.332 e. The Bertz CT molecular complexity index is 1260. The van der Waals surface area contributed by atoms with Gasteiger partial charge in [-0.1, -0.05) is 36.8 Å². The van der Waals surface area contributed by atoms with E-state index in [2.05, 4.69) is 39.9 Å². The molecule has 1 heterocycles. The SMILES string of the molecule is CCc1ccc(-n2nc3cc(C)c(NC(=S)NC(=O)c4ccc(C)cc4)cc3n2)cc1. The first-order valence-electron chi connectivity index (χ1n) is 10.1. The number of benzene rings is 3. The zero-order valence-corrected chi connectivity index (χ0v) is 18.5. The summed E-state index contributed by atoms with van der Waals surface area (Å²) in [6.45, 7) is 6.06. The molecule has 156 valence electrons. The fourth-order valence-electron chi connectivity index (χ4n) is 3.22. The molecule has 0 aliphatic carbocycles. The molecule has 0 fully saturated rings. The number of thiocarbonyl (C=S) groups is 1. The third-order valence-electron chi connectivity index (χ3n) is 5.09. The molecule has 0 spiro atoms. The highest BCUT2D eigenvalue weighted by molar-refractivity contribution is 7.80. The standard InChI is InChI=1S/C24H23N5OS/c1-4-17-7-11-19(12-8-17)29-27-21-13-16(3)20(14-22(21)28-29)25-24(31)26-23(30)18-9-5-15(2)6-10-18/h5-14H,4H2,1-3H3,(H2,25,26,30,31). The van der Waals surface area contributed by atoms with E-state index in [1.165, 1.54) is 5.56 Å². The number of amides is 1. The van der Waals surface area contributed by atoms with Crippen molar-refractivity contribution >= 4 is 40.0 Å². The van der Waals surface area contributed by atoms with Gasteiger partial charge < -0.3 is 5.32 Å². The van der Waals surface area contributed by atoms with Crippen molar-refractivity contribution in [2.45, 2.75) is 27.2 Å². The van der Waals surface area contributed by atoms with E-state index >= 15 is 0 Å². The van der Waals surface area contributed by atoms with Crippen LogP contribution in [-0.4, -0.2) is 26.0 Å². The van der Waals surface area contributed by atoms with Crippen molar-refractivity contribution in [1.29, 1.82) is 0 Å². The van der Waals surface area contributed by atoms with E-state index in [-0.39, 0.29) is 11.0 Å². The molecule has 2 N–H and O–H groups in total. The summed E-state index contributed by atoms with van der Waals surface area (Å²) in [5.74, 6) is -0.252. The molecule has 1 aromatic heterocycles. The van der Waals surface area contributed by atoms with Crippen molar-refractivity contribution in [2.24, 2.45) is 0 Å². The van der Waals surface area contributed by atoms with Crippen LogP contribution in [0.5, 0.6) is 0 Å². The molecule has 0 saturated heterocycles. The first-order valence-corrected chi connectivity index (χ1v) is 10.5. The highest BCUT2D eigenvalue weighted by Crippen LogP contribution is 2.22. The number of fused-ring (bicyclic) bond motifs is 1. The highest BCUT2D eigenvalue weighted by atomic mass is 32.1. The Morgan fingerprint density at radius 1 is 0.968 bits per heavy atom. The number of carbonyl (C=O) groups is 1. The lowest BCUT2D eigenvalue weighted by atomic mass is 10.1. The number of aromatic nitrogens is 3. The molecule has 0 radical (unpaired) electrons. The zero-order chi connectivity index (χ0) is 22.0. The summed E-state index contributed by atoms with van der Waals surface area (Å²) in [6.07, 6.45) is 0.989. The van der Waals surface area contributed by atoms with Crippen LogP contribution in [-0.2, 0) is 6.42 Å². The van der Waals surface area contributed by atoms with E-state index < -0.39 is 0 Å². The fraction of sp³-hybridized carbons (Fsp3) is 0.167. The maximum atomic E-state index is 12.4. The maximum absolute atomic E-state index is 12.4. The number of nitrogens with one attached hydrogen (secondary N) is 2. The average molecular weight is 430 g/mol. The Balaban J connectivity index is 1.52. The lowest BCUT2D eigenvalue weighted by Crippen LogP contribution is -2.34. The second-order valence-corrected chi connectivity index (χ2v) is 7.85. The molecule has 0 aliphatic rings. The van der Waals surface area contributed by atoms with Crippen LogP contribution >= 0.6 is 12.2 Å². The van der Waals surface area contributed by atoms with Crippen LogP contribution in [0.4, 0.5) is 5.69 Å². The predicted molar refractivity (Wildman–Crippen MR) is 128 cm³/mol. The first-order chi connectivity index (χ1) is 14.9. The van der Waals surface area contributed by atoms with Crippen LogP contribution in [0.2, 0.25) is 0 Å². The van der Waals surface area contributed by atoms with Gasteiger partial charge in [-0.05, 0) is 80.0 Å². The van der Waals surface area contributed by atoms with E-state index in [0.717, 1.165) is 40.0 Å². The average Bonchev–Trinajstić information content (AvgIpc) is 3.17. The molecule has 4 rings (SSSR count). The molecule has 3 aromatic carbocycles. The second-order valence-electron chi connectivity index (χ2n) is 7.44. The molecule has 0 aliphatic heterocycles. The van der Waals surface area contributed by atoms with Gasteiger partial charge in [-0.2, -0.15) is 4.80 Å². The van der Waals surface area contributed by atoms with Gasteiger partial charge in [0, 0.05) is 11.3 Å². The van der Waals surface area contributed by atoms with Crippen LogP contribution in [0.3, 0.4) is 0 Å². The van der Waals surface area contributed by atoms with Gasteiger partial charge in [0.2, 0.25) is 0 Å². The van der Waals surface area contributed by atoms with Gasteiger partial charge in [0.25, 0.3) is 5.91 Å². The van der Waals surface area contributed by atoms with Crippen molar-refractivity contribution in [3.63, 3.8) is 0 Å². The number of anilines is 1. The predicted octanol–water partition coefficient (Wildman–Crippen LogP) is 4.73. The van der Waals surface area contributed by atoms with Crippen molar-refractivity contribution in [3.8, 4) is 5.69 Å². The largest absolute Gasteiger partial charge is 0.332 e. The minimum absolute atomic E-state index is 0.232. The van der Waals surface area contributed by atoms with Gasteiger partial charge in [-0.3, -0.25) is 10.1 Å². The molecule has 1 amide bonds. The summed E-state index contributed by atoms with van der Waals surface area (Å²) >= 11 is 5.34. The monoisotopic (exact) mass is 429 g/mol. The third-order valence-corrected chi connectivity index (χ3v) is 5.30. The van der Waals surface area contributed by atoms with E-state index in [0.29, 0.717) is 5.56 Å². The van der Waals surface area contributed by atoms with E-state index in [1.54, 1.807) is 16.9 Å². The molecular weight excluding hydrogens is 406 g/mol. The maximum Gasteiger partial charge on any atom is 0.257 e. The van der Waals surface area contributed by atoms with Crippen LogP contribution in [0.1, 0.15) is 34.0 Å². The van der Waals surface area contributed by atoms with E-state index in [1.807, 2.05) is 50.2 Å².